The summed E-state index contributed by atoms with van der Waals surface area (Å²) >= 11 is 0. The monoisotopic (exact) mass is 398 g/mol. The maximum absolute atomic E-state index is 12.7. The Balaban J connectivity index is 1.50. The molecule has 1 atom stereocenters. The molecule has 5 nitrogen and oxygen atoms in total. The van der Waals surface area contributed by atoms with E-state index in [4.69, 9.17) is 0 Å². The number of hydrogen-bond donors (Lipinski definition) is 1. The Hall–Kier alpha value is -2.25. The molecule has 0 bridgehead atoms. The molecule has 1 aromatic rings. The zero-order chi connectivity index (χ0) is 20.3. The summed E-state index contributed by atoms with van der Waals surface area (Å²) < 4.78 is 40.7. The number of nitrogens with zero attached hydrogens (tertiary/aromatic N) is 1. The number of aryl methyl sites for hydroxylation is 1. The number of alkyl halides is 3. The Bertz CT molecular complexity index is 694. The minimum Gasteiger partial charge on any atom is -0.440 e. The number of ether oxygens (including phenoxy) is 1. The Morgan fingerprint density at radius 2 is 1.75 bits per heavy atom. The fraction of sp³-hybridized carbons (Fsp3) is 0.600. The van der Waals surface area contributed by atoms with Crippen molar-refractivity contribution in [1.29, 1.82) is 0 Å². The van der Waals surface area contributed by atoms with E-state index in [0.717, 1.165) is 24.0 Å². The summed E-state index contributed by atoms with van der Waals surface area (Å²) in [6.07, 6.45) is -2.52. The lowest BCUT2D eigenvalue weighted by molar-refractivity contribution is -0.162. The molecule has 1 N–H and O–H groups in total. The van der Waals surface area contributed by atoms with Gasteiger partial charge < -0.3 is 15.0 Å². The van der Waals surface area contributed by atoms with Gasteiger partial charge in [0, 0.05) is 19.0 Å². The van der Waals surface area contributed by atoms with Crippen molar-refractivity contribution in [3.05, 3.63) is 35.4 Å². The topological polar surface area (TPSA) is 58.6 Å². The van der Waals surface area contributed by atoms with Gasteiger partial charge in [0.05, 0.1) is 6.04 Å². The van der Waals surface area contributed by atoms with Crippen molar-refractivity contribution in [1.82, 2.24) is 10.2 Å². The van der Waals surface area contributed by atoms with Crippen LogP contribution in [0.4, 0.5) is 18.0 Å². The number of benzene rings is 1. The largest absolute Gasteiger partial charge is 0.440 e. The molecular formula is C20H25F3N2O3. The molecule has 0 aromatic heterocycles. The number of hydrogen-bond acceptors (Lipinski definition) is 3. The summed E-state index contributed by atoms with van der Waals surface area (Å²) in [5.74, 6) is 0.142. The highest BCUT2D eigenvalue weighted by Gasteiger charge is 2.36. The number of nitrogens with one attached hydrogen (secondary N) is 1. The second-order valence-electron chi connectivity index (χ2n) is 7.67. The van der Waals surface area contributed by atoms with Crippen LogP contribution in [-0.2, 0) is 9.53 Å². The summed E-state index contributed by atoms with van der Waals surface area (Å²) in [4.78, 5) is 25.7. The fourth-order valence-electron chi connectivity index (χ4n) is 3.51. The van der Waals surface area contributed by atoms with Crippen LogP contribution in [0.3, 0.4) is 0 Å². The average Bonchev–Trinajstić information content (AvgIpc) is 3.49. The molecule has 1 heterocycles. The van der Waals surface area contributed by atoms with E-state index in [2.05, 4.69) is 10.1 Å². The van der Waals surface area contributed by atoms with Gasteiger partial charge in [0.1, 0.15) is 0 Å². The van der Waals surface area contributed by atoms with Crippen LogP contribution in [0.2, 0.25) is 0 Å². The fourth-order valence-corrected chi connectivity index (χ4v) is 3.51. The van der Waals surface area contributed by atoms with Crippen molar-refractivity contribution in [3.63, 3.8) is 0 Å². The van der Waals surface area contributed by atoms with E-state index in [1.165, 1.54) is 4.90 Å². The SMILES string of the molecule is Cc1ccc([C@H](NC(=O)C2CCN(C(=O)OCC(F)(F)F)CC2)C2CC2)cc1. The van der Waals surface area contributed by atoms with E-state index in [9.17, 15) is 22.8 Å². The summed E-state index contributed by atoms with van der Waals surface area (Å²) in [5.41, 5.74) is 2.25. The summed E-state index contributed by atoms with van der Waals surface area (Å²) in [5, 5.41) is 3.15. The van der Waals surface area contributed by atoms with Crippen LogP contribution in [-0.4, -0.2) is 42.8 Å². The lowest BCUT2D eigenvalue weighted by atomic mass is 9.94. The van der Waals surface area contributed by atoms with Gasteiger partial charge in [-0.3, -0.25) is 4.79 Å². The van der Waals surface area contributed by atoms with Crippen LogP contribution in [0.1, 0.15) is 42.9 Å². The first-order valence-electron chi connectivity index (χ1n) is 9.58. The minimum absolute atomic E-state index is 0.0112. The molecule has 1 aliphatic carbocycles. The van der Waals surface area contributed by atoms with Gasteiger partial charge in [-0.1, -0.05) is 29.8 Å². The third kappa shape index (κ3) is 5.62. The minimum atomic E-state index is -4.54. The Kier molecular flexibility index (Phi) is 6.15. The van der Waals surface area contributed by atoms with Crippen molar-refractivity contribution in [2.24, 2.45) is 11.8 Å². The number of amides is 2. The highest BCUT2D eigenvalue weighted by Crippen LogP contribution is 2.41. The smallest absolute Gasteiger partial charge is 0.422 e. The van der Waals surface area contributed by atoms with Crippen molar-refractivity contribution in [2.45, 2.75) is 44.8 Å². The summed E-state index contributed by atoms with van der Waals surface area (Å²) in [6.45, 7) is 0.856. The predicted molar refractivity (Wildman–Crippen MR) is 96.5 cm³/mol. The van der Waals surface area contributed by atoms with Crippen LogP contribution in [0.25, 0.3) is 0 Å². The molecular weight excluding hydrogens is 373 g/mol. The number of carbonyl (C=O) groups excluding carboxylic acids is 2. The maximum atomic E-state index is 12.7. The van der Waals surface area contributed by atoms with Crippen LogP contribution < -0.4 is 5.32 Å². The highest BCUT2D eigenvalue weighted by molar-refractivity contribution is 5.79. The molecule has 1 saturated carbocycles. The molecule has 1 aliphatic heterocycles. The lowest BCUT2D eigenvalue weighted by Crippen LogP contribution is -2.44. The number of piperidine rings is 1. The van der Waals surface area contributed by atoms with E-state index >= 15 is 0 Å². The van der Waals surface area contributed by atoms with Gasteiger partial charge >= 0.3 is 12.3 Å². The van der Waals surface area contributed by atoms with Crippen molar-refractivity contribution < 1.29 is 27.5 Å². The number of likely N-dealkylation sites (tertiary alicyclic amines) is 1. The van der Waals surface area contributed by atoms with Crippen LogP contribution >= 0.6 is 0 Å². The molecule has 2 aliphatic rings. The first kappa shape index (κ1) is 20.5. The normalized spacial score (nSPS) is 19.2. The van der Waals surface area contributed by atoms with E-state index in [-0.39, 0.29) is 31.0 Å². The van der Waals surface area contributed by atoms with Crippen molar-refractivity contribution >= 4 is 12.0 Å². The molecule has 1 saturated heterocycles. The Labute approximate surface area is 162 Å². The van der Waals surface area contributed by atoms with Gasteiger partial charge in [0.25, 0.3) is 0 Å². The predicted octanol–water partition coefficient (Wildman–Crippen LogP) is 3.97. The zero-order valence-corrected chi connectivity index (χ0v) is 15.8. The average molecular weight is 398 g/mol. The van der Waals surface area contributed by atoms with E-state index in [1.54, 1.807) is 0 Å². The third-order valence-electron chi connectivity index (χ3n) is 5.31. The number of carbonyl (C=O) groups is 2. The van der Waals surface area contributed by atoms with Crippen molar-refractivity contribution in [2.75, 3.05) is 19.7 Å². The molecule has 2 fully saturated rings. The van der Waals surface area contributed by atoms with Crippen molar-refractivity contribution in [3.8, 4) is 0 Å². The van der Waals surface area contributed by atoms with Gasteiger partial charge in [-0.05, 0) is 44.1 Å². The van der Waals surface area contributed by atoms with Gasteiger partial charge in [0.15, 0.2) is 6.61 Å². The molecule has 2 amide bonds. The summed E-state index contributed by atoms with van der Waals surface area (Å²) in [7, 11) is 0. The zero-order valence-electron chi connectivity index (χ0n) is 15.8. The molecule has 0 unspecified atom stereocenters. The van der Waals surface area contributed by atoms with Gasteiger partial charge in [-0.25, -0.2) is 4.79 Å². The lowest BCUT2D eigenvalue weighted by Gasteiger charge is -2.31. The molecule has 28 heavy (non-hydrogen) atoms. The summed E-state index contributed by atoms with van der Waals surface area (Å²) in [6, 6.07) is 8.13. The molecule has 0 spiro atoms. The molecule has 1 aromatic carbocycles. The second-order valence-corrected chi connectivity index (χ2v) is 7.67. The standard InChI is InChI=1S/C20H25F3N2O3/c1-13-2-4-14(5-3-13)17(15-6-7-15)24-18(26)16-8-10-25(11-9-16)19(27)28-12-20(21,22)23/h2-5,15-17H,6-12H2,1H3,(H,24,26)/t17-/m0/s1. The van der Waals surface area contributed by atoms with E-state index in [1.807, 2.05) is 31.2 Å². The maximum Gasteiger partial charge on any atom is 0.422 e. The van der Waals surface area contributed by atoms with Gasteiger partial charge in [-0.15, -0.1) is 0 Å². The Morgan fingerprint density at radius 3 is 2.29 bits per heavy atom. The van der Waals surface area contributed by atoms with Crippen LogP contribution in [0.5, 0.6) is 0 Å². The third-order valence-corrected chi connectivity index (χ3v) is 5.31. The van der Waals surface area contributed by atoms with Crippen LogP contribution in [0, 0.1) is 18.8 Å². The second kappa shape index (κ2) is 8.41. The first-order valence-corrected chi connectivity index (χ1v) is 9.58. The van der Waals surface area contributed by atoms with E-state index in [0.29, 0.717) is 18.8 Å². The molecule has 154 valence electrons. The van der Waals surface area contributed by atoms with Gasteiger partial charge in [0.2, 0.25) is 5.91 Å². The molecule has 8 heteroatoms. The molecule has 3 rings (SSSR count). The highest BCUT2D eigenvalue weighted by atomic mass is 19.4. The first-order chi connectivity index (χ1) is 13.2. The molecule has 0 radical (unpaired) electrons. The number of halogens is 3. The quantitative estimate of drug-likeness (QED) is 0.817. The Morgan fingerprint density at radius 1 is 1.14 bits per heavy atom. The van der Waals surface area contributed by atoms with Crippen LogP contribution in [0.15, 0.2) is 24.3 Å². The number of rotatable bonds is 5. The van der Waals surface area contributed by atoms with Gasteiger partial charge in [-0.2, -0.15) is 13.2 Å². The van der Waals surface area contributed by atoms with E-state index < -0.39 is 18.9 Å².